The Morgan fingerprint density at radius 2 is 2.23 bits per heavy atom. The number of hydrogen-bond donors (Lipinski definition) is 2. The number of aliphatic hydroxyl groups excluding tert-OH is 1. The third kappa shape index (κ3) is 2.46. The highest BCUT2D eigenvalue weighted by atomic mass is 16.5. The number of aliphatic hydroxyl groups is 1. The lowest BCUT2D eigenvalue weighted by Gasteiger charge is -2.01. The number of pyridine rings is 1. The van der Waals surface area contributed by atoms with E-state index in [-0.39, 0.29) is 18.8 Å². The summed E-state index contributed by atoms with van der Waals surface area (Å²) in [6, 6.07) is 5.83. The highest BCUT2D eigenvalue weighted by molar-refractivity contribution is 5.93. The van der Waals surface area contributed by atoms with Gasteiger partial charge >= 0.3 is 0 Å². The molecule has 114 valence electrons. The maximum atomic E-state index is 12.1. The van der Waals surface area contributed by atoms with Gasteiger partial charge in [0.15, 0.2) is 5.69 Å². The number of nitrogens with one attached hydrogen (secondary N) is 1. The van der Waals surface area contributed by atoms with E-state index in [4.69, 9.17) is 4.52 Å². The molecule has 0 aliphatic rings. The molecule has 3 rings (SSSR count). The van der Waals surface area contributed by atoms with Gasteiger partial charge in [0.1, 0.15) is 11.4 Å². The van der Waals surface area contributed by atoms with E-state index in [2.05, 4.69) is 15.5 Å². The first-order valence-electron chi connectivity index (χ1n) is 6.88. The number of aryl methyl sites for hydroxylation is 2. The minimum absolute atomic E-state index is 0.111. The van der Waals surface area contributed by atoms with E-state index < -0.39 is 5.91 Å². The van der Waals surface area contributed by atoms with Crippen LogP contribution in [0.1, 0.15) is 33.2 Å². The van der Waals surface area contributed by atoms with Crippen molar-refractivity contribution in [2.45, 2.75) is 27.0 Å². The lowest BCUT2D eigenvalue weighted by atomic mass is 10.2. The van der Waals surface area contributed by atoms with E-state index in [9.17, 15) is 9.90 Å². The Bertz CT molecular complexity index is 835. The van der Waals surface area contributed by atoms with Crippen molar-refractivity contribution in [1.29, 1.82) is 0 Å². The summed E-state index contributed by atoms with van der Waals surface area (Å²) < 4.78 is 6.89. The van der Waals surface area contributed by atoms with Gasteiger partial charge < -0.3 is 19.3 Å². The first kappa shape index (κ1) is 14.3. The summed E-state index contributed by atoms with van der Waals surface area (Å²) in [6.07, 6.45) is 1.88. The zero-order chi connectivity index (χ0) is 15.7. The molecule has 0 radical (unpaired) electrons. The van der Waals surface area contributed by atoms with Crippen molar-refractivity contribution in [2.75, 3.05) is 0 Å². The van der Waals surface area contributed by atoms with Crippen molar-refractivity contribution in [3.05, 3.63) is 52.8 Å². The maximum absolute atomic E-state index is 12.1. The van der Waals surface area contributed by atoms with Gasteiger partial charge in [-0.15, -0.1) is 0 Å². The summed E-state index contributed by atoms with van der Waals surface area (Å²) in [5.74, 6) is 0.0469. The van der Waals surface area contributed by atoms with Gasteiger partial charge in [-0.05, 0) is 26.0 Å². The Balaban J connectivity index is 1.76. The average molecular weight is 300 g/mol. The molecule has 0 unspecified atom stereocenters. The molecule has 1 amide bonds. The van der Waals surface area contributed by atoms with Crippen LogP contribution in [0.2, 0.25) is 0 Å². The van der Waals surface area contributed by atoms with Crippen LogP contribution in [0, 0.1) is 13.8 Å². The molecule has 7 nitrogen and oxygen atoms in total. The number of carbonyl (C=O) groups excluding carboxylic acids is 1. The fraction of sp³-hybridized carbons (Fsp3) is 0.267. The molecule has 22 heavy (non-hydrogen) atoms. The molecule has 0 aliphatic heterocycles. The van der Waals surface area contributed by atoms with Crippen molar-refractivity contribution in [1.82, 2.24) is 19.9 Å². The van der Waals surface area contributed by atoms with E-state index in [0.717, 1.165) is 17.0 Å². The quantitative estimate of drug-likeness (QED) is 0.759. The van der Waals surface area contributed by atoms with Gasteiger partial charge in [-0.25, -0.2) is 4.98 Å². The first-order valence-corrected chi connectivity index (χ1v) is 6.88. The normalized spacial score (nSPS) is 11.0. The largest absolute Gasteiger partial charge is 0.391 e. The smallest absolute Gasteiger partial charge is 0.274 e. The molecule has 0 bridgehead atoms. The number of imidazole rings is 1. The minimum atomic E-state index is -0.394. The van der Waals surface area contributed by atoms with E-state index in [0.29, 0.717) is 11.3 Å². The van der Waals surface area contributed by atoms with Gasteiger partial charge in [0, 0.05) is 11.9 Å². The molecular weight excluding hydrogens is 284 g/mol. The van der Waals surface area contributed by atoms with Crippen LogP contribution in [0.25, 0.3) is 5.65 Å². The standard InChI is InChI=1S/C15H16N4O3/c1-9-4-3-5-13-17-11(7-19(9)13)6-16-15(21)14-12(8-20)10(2)22-18-14/h3-5,7,20H,6,8H2,1-2H3,(H,16,21). The van der Waals surface area contributed by atoms with Gasteiger partial charge in [-0.3, -0.25) is 4.79 Å². The Kier molecular flexibility index (Phi) is 3.64. The van der Waals surface area contributed by atoms with Crippen LogP contribution in [-0.4, -0.2) is 25.6 Å². The number of hydrogen-bond acceptors (Lipinski definition) is 5. The van der Waals surface area contributed by atoms with E-state index in [1.54, 1.807) is 6.92 Å². The molecule has 3 aromatic heterocycles. The molecule has 2 N–H and O–H groups in total. The number of fused-ring (bicyclic) bond motifs is 1. The molecule has 3 heterocycles. The van der Waals surface area contributed by atoms with E-state index in [1.807, 2.05) is 35.7 Å². The monoisotopic (exact) mass is 300 g/mol. The van der Waals surface area contributed by atoms with Gasteiger partial charge in [0.2, 0.25) is 0 Å². The maximum Gasteiger partial charge on any atom is 0.274 e. The zero-order valence-corrected chi connectivity index (χ0v) is 12.3. The van der Waals surface area contributed by atoms with Gasteiger partial charge in [0.05, 0.1) is 24.4 Å². The number of carbonyl (C=O) groups is 1. The van der Waals surface area contributed by atoms with Gasteiger partial charge in [0.25, 0.3) is 5.91 Å². The van der Waals surface area contributed by atoms with Crippen LogP contribution in [0.3, 0.4) is 0 Å². The summed E-state index contributed by atoms with van der Waals surface area (Å²) in [6.45, 7) is 3.63. The van der Waals surface area contributed by atoms with Gasteiger partial charge in [-0.1, -0.05) is 11.2 Å². The lowest BCUT2D eigenvalue weighted by molar-refractivity contribution is 0.0938. The van der Waals surface area contributed by atoms with Crippen molar-refractivity contribution in [3.8, 4) is 0 Å². The zero-order valence-electron chi connectivity index (χ0n) is 12.3. The SMILES string of the molecule is Cc1onc(C(=O)NCc2cn3c(C)cccc3n2)c1CO. The van der Waals surface area contributed by atoms with Crippen LogP contribution in [0.15, 0.2) is 28.9 Å². The van der Waals surface area contributed by atoms with Crippen molar-refractivity contribution in [2.24, 2.45) is 0 Å². The summed E-state index contributed by atoms with van der Waals surface area (Å²) in [5.41, 5.74) is 3.16. The fourth-order valence-corrected chi connectivity index (χ4v) is 2.29. The van der Waals surface area contributed by atoms with Crippen molar-refractivity contribution in [3.63, 3.8) is 0 Å². The second-order valence-electron chi connectivity index (χ2n) is 5.03. The molecule has 0 saturated carbocycles. The summed E-state index contributed by atoms with van der Waals surface area (Å²) in [4.78, 5) is 16.6. The highest BCUT2D eigenvalue weighted by Gasteiger charge is 2.19. The van der Waals surface area contributed by atoms with Crippen molar-refractivity contribution < 1.29 is 14.4 Å². The van der Waals surface area contributed by atoms with Crippen LogP contribution < -0.4 is 5.32 Å². The summed E-state index contributed by atoms with van der Waals surface area (Å²) in [7, 11) is 0. The topological polar surface area (TPSA) is 92.7 Å². The minimum Gasteiger partial charge on any atom is -0.391 e. The van der Waals surface area contributed by atoms with E-state index >= 15 is 0 Å². The molecule has 0 atom stereocenters. The second-order valence-corrected chi connectivity index (χ2v) is 5.03. The average Bonchev–Trinajstić information content (AvgIpc) is 3.08. The second kappa shape index (κ2) is 5.61. The Labute approximate surface area is 126 Å². The lowest BCUT2D eigenvalue weighted by Crippen LogP contribution is -2.24. The third-order valence-electron chi connectivity index (χ3n) is 3.53. The highest BCUT2D eigenvalue weighted by Crippen LogP contribution is 2.13. The molecule has 0 fully saturated rings. The molecule has 3 aromatic rings. The predicted octanol–water partition coefficient (Wildman–Crippen LogP) is 1.36. The molecule has 0 aliphatic carbocycles. The number of aromatic nitrogens is 3. The first-order chi connectivity index (χ1) is 10.6. The molecule has 0 saturated heterocycles. The van der Waals surface area contributed by atoms with Crippen LogP contribution in [-0.2, 0) is 13.2 Å². The molecular formula is C15H16N4O3. The Morgan fingerprint density at radius 1 is 1.41 bits per heavy atom. The number of amides is 1. The number of rotatable bonds is 4. The molecule has 7 heteroatoms. The van der Waals surface area contributed by atoms with Crippen LogP contribution in [0.4, 0.5) is 0 Å². The summed E-state index contributed by atoms with van der Waals surface area (Å²) in [5, 5.41) is 15.7. The van der Waals surface area contributed by atoms with Crippen molar-refractivity contribution >= 4 is 11.6 Å². The van der Waals surface area contributed by atoms with Crippen LogP contribution in [0.5, 0.6) is 0 Å². The molecule has 0 aromatic carbocycles. The Hall–Kier alpha value is -2.67. The predicted molar refractivity (Wildman–Crippen MR) is 78.3 cm³/mol. The molecule has 0 spiro atoms. The number of nitrogens with zero attached hydrogens (tertiary/aromatic N) is 3. The third-order valence-corrected chi connectivity index (χ3v) is 3.53. The van der Waals surface area contributed by atoms with Gasteiger partial charge in [-0.2, -0.15) is 0 Å². The van der Waals surface area contributed by atoms with Crippen LogP contribution >= 0.6 is 0 Å². The summed E-state index contributed by atoms with van der Waals surface area (Å²) >= 11 is 0. The Morgan fingerprint density at radius 3 is 2.95 bits per heavy atom. The van der Waals surface area contributed by atoms with E-state index in [1.165, 1.54) is 0 Å². The fourth-order valence-electron chi connectivity index (χ4n) is 2.29.